The van der Waals surface area contributed by atoms with Crippen molar-refractivity contribution >= 4 is 43.0 Å². The van der Waals surface area contributed by atoms with Gasteiger partial charge in [0.15, 0.2) is 0 Å². The second-order valence-electron chi connectivity index (χ2n) is 7.59. The minimum Gasteiger partial charge on any atom is -0.322 e. The van der Waals surface area contributed by atoms with E-state index in [1.54, 1.807) is 18.2 Å². The van der Waals surface area contributed by atoms with Gasteiger partial charge in [-0.1, -0.05) is 24.3 Å². The molecule has 0 fully saturated rings. The van der Waals surface area contributed by atoms with Crippen LogP contribution in [-0.2, 0) is 20.0 Å². The standard InChI is InChI=1S/C25H20FN3O5S2/c26-19-9-11-21(12-10-19)28-36(33,34)24-15-13-20(14-16-24)27-25(30)18-5-4-6-22(17-18)29-35(31,32)23-7-2-1-3-8-23/h1-17,28-29H,(H,27,30). The van der Waals surface area contributed by atoms with Crippen LogP contribution in [0.2, 0.25) is 0 Å². The molecule has 0 bridgehead atoms. The summed E-state index contributed by atoms with van der Waals surface area (Å²) in [6.45, 7) is 0. The van der Waals surface area contributed by atoms with Gasteiger partial charge in [0.2, 0.25) is 0 Å². The lowest BCUT2D eigenvalue weighted by Gasteiger charge is -2.11. The minimum absolute atomic E-state index is 0.0536. The van der Waals surface area contributed by atoms with Crippen molar-refractivity contribution in [2.45, 2.75) is 9.79 Å². The molecule has 8 nitrogen and oxygen atoms in total. The van der Waals surface area contributed by atoms with Crippen LogP contribution in [0.25, 0.3) is 0 Å². The van der Waals surface area contributed by atoms with Gasteiger partial charge in [-0.3, -0.25) is 14.2 Å². The highest BCUT2D eigenvalue weighted by Crippen LogP contribution is 2.21. The molecule has 0 saturated heterocycles. The molecule has 0 aromatic heterocycles. The Hall–Kier alpha value is -4.22. The molecule has 0 unspecified atom stereocenters. The first-order valence-corrected chi connectivity index (χ1v) is 13.5. The van der Waals surface area contributed by atoms with Gasteiger partial charge in [-0.05, 0) is 78.9 Å². The summed E-state index contributed by atoms with van der Waals surface area (Å²) < 4.78 is 68.0. The van der Waals surface area contributed by atoms with Crippen LogP contribution in [0.4, 0.5) is 21.5 Å². The molecular formula is C25H20FN3O5S2. The largest absolute Gasteiger partial charge is 0.322 e. The number of hydrogen-bond donors (Lipinski definition) is 3. The van der Waals surface area contributed by atoms with Crippen LogP contribution >= 0.6 is 0 Å². The first kappa shape index (κ1) is 24.9. The van der Waals surface area contributed by atoms with Crippen LogP contribution in [0.1, 0.15) is 10.4 Å². The maximum absolute atomic E-state index is 13.0. The predicted octanol–water partition coefficient (Wildman–Crippen LogP) is 4.68. The summed E-state index contributed by atoms with van der Waals surface area (Å²) in [7, 11) is -7.74. The zero-order valence-electron chi connectivity index (χ0n) is 18.6. The Morgan fingerprint density at radius 3 is 1.78 bits per heavy atom. The SMILES string of the molecule is O=C(Nc1ccc(S(=O)(=O)Nc2ccc(F)cc2)cc1)c1cccc(NS(=O)(=O)c2ccccc2)c1. The van der Waals surface area contributed by atoms with Gasteiger partial charge in [0, 0.05) is 22.6 Å². The van der Waals surface area contributed by atoms with E-state index in [0.29, 0.717) is 5.69 Å². The van der Waals surface area contributed by atoms with E-state index in [-0.39, 0.29) is 26.7 Å². The number of benzene rings is 4. The van der Waals surface area contributed by atoms with E-state index in [0.717, 1.165) is 12.1 Å². The van der Waals surface area contributed by atoms with Gasteiger partial charge in [0.05, 0.1) is 9.79 Å². The summed E-state index contributed by atoms with van der Waals surface area (Å²) in [5.74, 6) is -1.01. The minimum atomic E-state index is -3.92. The Morgan fingerprint density at radius 1 is 0.583 bits per heavy atom. The molecule has 0 atom stereocenters. The van der Waals surface area contributed by atoms with Crippen LogP contribution in [0.5, 0.6) is 0 Å². The molecule has 36 heavy (non-hydrogen) atoms. The van der Waals surface area contributed by atoms with Crippen molar-refractivity contribution in [2.75, 3.05) is 14.8 Å². The molecule has 4 rings (SSSR count). The Kier molecular flexibility index (Phi) is 7.04. The highest BCUT2D eigenvalue weighted by atomic mass is 32.2. The van der Waals surface area contributed by atoms with Gasteiger partial charge in [-0.25, -0.2) is 21.2 Å². The van der Waals surface area contributed by atoms with E-state index in [1.807, 2.05) is 0 Å². The third-order valence-electron chi connectivity index (χ3n) is 4.95. The van der Waals surface area contributed by atoms with Gasteiger partial charge in [0.25, 0.3) is 26.0 Å². The van der Waals surface area contributed by atoms with Crippen LogP contribution in [0.3, 0.4) is 0 Å². The molecule has 0 spiro atoms. The van der Waals surface area contributed by atoms with Crippen molar-refractivity contribution in [3.63, 3.8) is 0 Å². The van der Waals surface area contributed by atoms with E-state index in [1.165, 1.54) is 72.8 Å². The summed E-state index contributed by atoms with van der Waals surface area (Å²) >= 11 is 0. The summed E-state index contributed by atoms with van der Waals surface area (Å²) in [6.07, 6.45) is 0. The van der Waals surface area contributed by atoms with E-state index < -0.39 is 31.8 Å². The Balaban J connectivity index is 1.44. The molecule has 4 aromatic carbocycles. The number of sulfonamides is 2. The number of carbonyl (C=O) groups excluding carboxylic acids is 1. The molecule has 1 amide bonds. The molecule has 184 valence electrons. The van der Waals surface area contributed by atoms with Crippen LogP contribution in [-0.4, -0.2) is 22.7 Å². The van der Waals surface area contributed by atoms with Crippen molar-refractivity contribution < 1.29 is 26.0 Å². The highest BCUT2D eigenvalue weighted by molar-refractivity contribution is 7.93. The Labute approximate surface area is 207 Å². The average molecular weight is 526 g/mol. The first-order chi connectivity index (χ1) is 17.1. The van der Waals surface area contributed by atoms with Crippen molar-refractivity contribution in [2.24, 2.45) is 0 Å². The summed E-state index contributed by atoms with van der Waals surface area (Å²) in [4.78, 5) is 12.7. The normalized spacial score (nSPS) is 11.5. The Morgan fingerprint density at radius 2 is 1.14 bits per heavy atom. The van der Waals surface area contributed by atoms with Crippen LogP contribution in [0.15, 0.2) is 113 Å². The van der Waals surface area contributed by atoms with Gasteiger partial charge >= 0.3 is 0 Å². The molecule has 0 aliphatic carbocycles. The van der Waals surface area contributed by atoms with Crippen molar-refractivity contribution in [3.05, 3.63) is 115 Å². The van der Waals surface area contributed by atoms with E-state index in [2.05, 4.69) is 14.8 Å². The maximum atomic E-state index is 13.0. The molecule has 0 heterocycles. The lowest BCUT2D eigenvalue weighted by Crippen LogP contribution is -2.15. The van der Waals surface area contributed by atoms with Gasteiger partial charge in [0.1, 0.15) is 5.82 Å². The number of rotatable bonds is 8. The van der Waals surface area contributed by atoms with E-state index in [9.17, 15) is 26.0 Å². The molecule has 0 aliphatic heterocycles. The predicted molar refractivity (Wildman–Crippen MR) is 135 cm³/mol. The van der Waals surface area contributed by atoms with Crippen molar-refractivity contribution in [1.82, 2.24) is 0 Å². The number of hydrogen-bond acceptors (Lipinski definition) is 5. The zero-order chi connectivity index (χ0) is 25.8. The molecule has 3 N–H and O–H groups in total. The molecule has 11 heteroatoms. The van der Waals surface area contributed by atoms with Gasteiger partial charge in [-0.15, -0.1) is 0 Å². The van der Waals surface area contributed by atoms with E-state index in [4.69, 9.17) is 0 Å². The highest BCUT2D eigenvalue weighted by Gasteiger charge is 2.16. The Bertz CT molecular complexity index is 1590. The van der Waals surface area contributed by atoms with Crippen LogP contribution in [0, 0.1) is 5.82 Å². The maximum Gasteiger partial charge on any atom is 0.261 e. The topological polar surface area (TPSA) is 121 Å². The second-order valence-corrected chi connectivity index (χ2v) is 11.0. The fourth-order valence-electron chi connectivity index (χ4n) is 3.19. The molecular weight excluding hydrogens is 505 g/mol. The first-order valence-electron chi connectivity index (χ1n) is 10.5. The summed E-state index contributed by atoms with van der Waals surface area (Å²) in [5.41, 5.74) is 0.935. The number of halogens is 1. The summed E-state index contributed by atoms with van der Waals surface area (Å²) in [6, 6.07) is 24.1. The molecule has 0 aliphatic rings. The van der Waals surface area contributed by atoms with Gasteiger partial charge in [-0.2, -0.15) is 0 Å². The monoisotopic (exact) mass is 525 g/mol. The molecule has 4 aromatic rings. The molecule has 0 radical (unpaired) electrons. The smallest absolute Gasteiger partial charge is 0.261 e. The van der Waals surface area contributed by atoms with E-state index >= 15 is 0 Å². The number of carbonyl (C=O) groups is 1. The second kappa shape index (κ2) is 10.2. The van der Waals surface area contributed by atoms with Crippen molar-refractivity contribution in [3.8, 4) is 0 Å². The fraction of sp³-hybridized carbons (Fsp3) is 0. The number of anilines is 3. The average Bonchev–Trinajstić information content (AvgIpc) is 2.86. The zero-order valence-corrected chi connectivity index (χ0v) is 20.2. The quantitative estimate of drug-likeness (QED) is 0.308. The van der Waals surface area contributed by atoms with Gasteiger partial charge < -0.3 is 5.32 Å². The third-order valence-corrected chi connectivity index (χ3v) is 7.74. The third kappa shape index (κ3) is 6.06. The fourth-order valence-corrected chi connectivity index (χ4v) is 5.32. The lowest BCUT2D eigenvalue weighted by molar-refractivity contribution is 0.102. The molecule has 0 saturated carbocycles. The number of nitrogens with one attached hydrogen (secondary N) is 3. The van der Waals surface area contributed by atoms with Crippen molar-refractivity contribution in [1.29, 1.82) is 0 Å². The number of amides is 1. The summed E-state index contributed by atoms with van der Waals surface area (Å²) in [5, 5.41) is 2.64. The van der Waals surface area contributed by atoms with Crippen LogP contribution < -0.4 is 14.8 Å². The lowest BCUT2D eigenvalue weighted by atomic mass is 10.2.